The van der Waals surface area contributed by atoms with Crippen molar-refractivity contribution in [2.24, 2.45) is 0 Å². The average molecular weight is 332 g/mol. The largest absolute Gasteiger partial charge is 0.497 e. The first kappa shape index (κ1) is 16.5. The molecule has 0 bridgehead atoms. The second kappa shape index (κ2) is 6.62. The predicted octanol–water partition coefficient (Wildman–Crippen LogP) is 2.87. The Morgan fingerprint density at radius 2 is 2.17 bits per heavy atom. The minimum atomic E-state index is -0.593. The zero-order valence-corrected chi connectivity index (χ0v) is 13.4. The number of benzene rings is 1. The molecule has 0 radical (unpaired) electrons. The van der Waals surface area contributed by atoms with Crippen LogP contribution in [0.15, 0.2) is 34.7 Å². The Bertz CT molecular complexity index is 736. The van der Waals surface area contributed by atoms with Crippen LogP contribution in [-0.2, 0) is 6.54 Å². The monoisotopic (exact) mass is 332 g/mol. The van der Waals surface area contributed by atoms with Crippen LogP contribution in [0.2, 0.25) is 0 Å². The Labute approximate surface area is 139 Å². The van der Waals surface area contributed by atoms with Crippen molar-refractivity contribution in [1.82, 2.24) is 5.32 Å². The van der Waals surface area contributed by atoms with E-state index >= 15 is 0 Å². The number of nitrogens with one attached hydrogen (secondary N) is 1. The van der Waals surface area contributed by atoms with Crippen LogP contribution in [0.1, 0.15) is 25.0 Å². The standard InChI is InChI=1S/C17H20N2O5/c1-23-12-3-5-14(15(9-12)19(21)22)16-6-4-13(24-16)10-18-11-17(20)7-2-8-17/h3-6,9,18,20H,2,7-8,10-11H2,1H3. The summed E-state index contributed by atoms with van der Waals surface area (Å²) >= 11 is 0. The molecule has 0 spiro atoms. The molecule has 0 unspecified atom stereocenters. The summed E-state index contributed by atoms with van der Waals surface area (Å²) in [5, 5.41) is 24.5. The number of aliphatic hydroxyl groups is 1. The molecule has 0 amide bonds. The lowest BCUT2D eigenvalue weighted by Crippen LogP contribution is -2.45. The number of methoxy groups -OCH3 is 1. The number of furan rings is 1. The number of rotatable bonds is 7. The predicted molar refractivity (Wildman–Crippen MR) is 87.9 cm³/mol. The highest BCUT2D eigenvalue weighted by Gasteiger charge is 2.33. The Morgan fingerprint density at radius 1 is 1.38 bits per heavy atom. The van der Waals surface area contributed by atoms with Crippen molar-refractivity contribution in [2.75, 3.05) is 13.7 Å². The Morgan fingerprint density at radius 3 is 2.79 bits per heavy atom. The van der Waals surface area contributed by atoms with Gasteiger partial charge >= 0.3 is 0 Å². The maximum absolute atomic E-state index is 11.3. The van der Waals surface area contributed by atoms with Crippen LogP contribution in [0.5, 0.6) is 5.75 Å². The Balaban J connectivity index is 1.71. The van der Waals surface area contributed by atoms with Crippen LogP contribution in [0.25, 0.3) is 11.3 Å². The number of nitrogens with zero attached hydrogens (tertiary/aromatic N) is 1. The second-order valence-corrected chi connectivity index (χ2v) is 6.09. The van der Waals surface area contributed by atoms with Crippen LogP contribution < -0.4 is 10.1 Å². The van der Waals surface area contributed by atoms with E-state index in [1.54, 1.807) is 24.3 Å². The van der Waals surface area contributed by atoms with Crippen LogP contribution in [0.4, 0.5) is 5.69 Å². The average Bonchev–Trinajstić information content (AvgIpc) is 3.01. The maximum Gasteiger partial charge on any atom is 0.284 e. The fraction of sp³-hybridized carbons (Fsp3) is 0.412. The van der Waals surface area contributed by atoms with Crippen molar-refractivity contribution in [3.63, 3.8) is 0 Å². The highest BCUT2D eigenvalue weighted by Crippen LogP contribution is 2.34. The first-order chi connectivity index (χ1) is 11.5. The molecule has 24 heavy (non-hydrogen) atoms. The lowest BCUT2D eigenvalue weighted by Gasteiger charge is -2.36. The number of nitro benzene ring substituents is 1. The quantitative estimate of drug-likeness (QED) is 0.597. The number of hydrogen-bond donors (Lipinski definition) is 2. The van der Waals surface area contributed by atoms with Crippen LogP contribution in [-0.4, -0.2) is 29.3 Å². The fourth-order valence-corrected chi connectivity index (χ4v) is 2.80. The molecule has 128 valence electrons. The van der Waals surface area contributed by atoms with E-state index in [-0.39, 0.29) is 5.69 Å². The van der Waals surface area contributed by atoms with Crippen molar-refractivity contribution in [1.29, 1.82) is 0 Å². The van der Waals surface area contributed by atoms with Crippen molar-refractivity contribution >= 4 is 5.69 Å². The Hall–Kier alpha value is -2.38. The third-order valence-corrected chi connectivity index (χ3v) is 4.37. The third kappa shape index (κ3) is 3.42. The molecule has 1 aliphatic rings. The highest BCUT2D eigenvalue weighted by atomic mass is 16.6. The molecule has 7 heteroatoms. The molecule has 7 nitrogen and oxygen atoms in total. The summed E-state index contributed by atoms with van der Waals surface area (Å²) in [6.45, 7) is 0.984. The SMILES string of the molecule is COc1ccc(-c2ccc(CNCC3(O)CCC3)o2)c([N+](=O)[O-])c1. The molecule has 1 saturated carbocycles. The molecule has 1 aliphatic carbocycles. The van der Waals surface area contributed by atoms with Crippen LogP contribution >= 0.6 is 0 Å². The second-order valence-electron chi connectivity index (χ2n) is 6.09. The lowest BCUT2D eigenvalue weighted by atomic mass is 9.80. The van der Waals surface area contributed by atoms with E-state index in [1.165, 1.54) is 13.2 Å². The summed E-state index contributed by atoms with van der Waals surface area (Å²) in [5.41, 5.74) is -0.249. The van der Waals surface area contributed by atoms with Crippen molar-refractivity contribution < 1.29 is 19.2 Å². The molecule has 2 aromatic rings. The first-order valence-electron chi connectivity index (χ1n) is 7.85. The van der Waals surface area contributed by atoms with Crippen molar-refractivity contribution in [3.05, 3.63) is 46.2 Å². The van der Waals surface area contributed by atoms with Crippen LogP contribution in [0, 0.1) is 10.1 Å². The van der Waals surface area contributed by atoms with Gasteiger partial charge < -0.3 is 19.6 Å². The molecular formula is C17H20N2O5. The summed E-state index contributed by atoms with van der Waals surface area (Å²) in [5.74, 6) is 1.52. The molecule has 3 rings (SSSR count). The molecule has 2 N–H and O–H groups in total. The topological polar surface area (TPSA) is 97.8 Å². The summed E-state index contributed by atoms with van der Waals surface area (Å²) in [6, 6.07) is 8.14. The normalized spacial score (nSPS) is 15.8. The van der Waals surface area contributed by atoms with Gasteiger partial charge in [0, 0.05) is 6.54 Å². The molecule has 0 aliphatic heterocycles. The highest BCUT2D eigenvalue weighted by molar-refractivity contribution is 5.71. The van der Waals surface area contributed by atoms with E-state index in [4.69, 9.17) is 9.15 Å². The fourth-order valence-electron chi connectivity index (χ4n) is 2.80. The van der Waals surface area contributed by atoms with E-state index in [1.807, 2.05) is 0 Å². The minimum absolute atomic E-state index is 0.0630. The molecule has 1 fully saturated rings. The van der Waals surface area contributed by atoms with E-state index in [9.17, 15) is 15.2 Å². The van der Waals surface area contributed by atoms with Gasteiger partial charge in [-0.2, -0.15) is 0 Å². The van der Waals surface area contributed by atoms with E-state index in [2.05, 4.69) is 5.32 Å². The molecule has 1 heterocycles. The summed E-state index contributed by atoms with van der Waals surface area (Å²) in [7, 11) is 1.46. The van der Waals surface area contributed by atoms with Gasteiger partial charge in [0.05, 0.1) is 35.8 Å². The number of nitro groups is 1. The van der Waals surface area contributed by atoms with Gasteiger partial charge in [0.25, 0.3) is 5.69 Å². The lowest BCUT2D eigenvalue weighted by molar-refractivity contribution is -0.384. The smallest absolute Gasteiger partial charge is 0.284 e. The van der Waals surface area contributed by atoms with Gasteiger partial charge in [0.1, 0.15) is 17.3 Å². The first-order valence-corrected chi connectivity index (χ1v) is 7.85. The van der Waals surface area contributed by atoms with Gasteiger partial charge in [-0.25, -0.2) is 0 Å². The van der Waals surface area contributed by atoms with E-state index in [0.717, 1.165) is 19.3 Å². The van der Waals surface area contributed by atoms with Gasteiger partial charge in [-0.05, 0) is 43.5 Å². The van der Waals surface area contributed by atoms with Gasteiger partial charge in [0.15, 0.2) is 0 Å². The minimum Gasteiger partial charge on any atom is -0.497 e. The van der Waals surface area contributed by atoms with E-state index < -0.39 is 10.5 Å². The molecule has 0 saturated heterocycles. The zero-order valence-electron chi connectivity index (χ0n) is 13.4. The van der Waals surface area contributed by atoms with Gasteiger partial charge in [-0.3, -0.25) is 10.1 Å². The summed E-state index contributed by atoms with van der Waals surface area (Å²) < 4.78 is 10.7. The Kier molecular flexibility index (Phi) is 4.55. The van der Waals surface area contributed by atoms with Crippen LogP contribution in [0.3, 0.4) is 0 Å². The summed E-state index contributed by atoms with van der Waals surface area (Å²) in [6.07, 6.45) is 2.70. The summed E-state index contributed by atoms with van der Waals surface area (Å²) in [4.78, 5) is 10.8. The van der Waals surface area contributed by atoms with Gasteiger partial charge in [-0.15, -0.1) is 0 Å². The molecule has 0 atom stereocenters. The van der Waals surface area contributed by atoms with Gasteiger partial charge in [-0.1, -0.05) is 0 Å². The number of ether oxygens (including phenoxy) is 1. The van der Waals surface area contributed by atoms with Crippen molar-refractivity contribution in [3.8, 4) is 17.1 Å². The molecule has 1 aromatic carbocycles. The van der Waals surface area contributed by atoms with E-state index in [0.29, 0.717) is 35.9 Å². The maximum atomic E-state index is 11.3. The van der Waals surface area contributed by atoms with Crippen molar-refractivity contribution in [2.45, 2.75) is 31.4 Å². The molecule has 1 aromatic heterocycles. The van der Waals surface area contributed by atoms with Gasteiger partial charge in [0.2, 0.25) is 0 Å². The molecular weight excluding hydrogens is 312 g/mol. The third-order valence-electron chi connectivity index (χ3n) is 4.37. The number of hydrogen-bond acceptors (Lipinski definition) is 6. The zero-order chi connectivity index (χ0) is 17.2.